The van der Waals surface area contributed by atoms with E-state index in [1.807, 2.05) is 27.0 Å². The van der Waals surface area contributed by atoms with Gasteiger partial charge >= 0.3 is 0 Å². The van der Waals surface area contributed by atoms with E-state index in [9.17, 15) is 5.11 Å². The highest BCUT2D eigenvalue weighted by atomic mass is 16.5. The molecule has 0 aliphatic heterocycles. The van der Waals surface area contributed by atoms with Gasteiger partial charge in [-0.3, -0.25) is 0 Å². The fourth-order valence-electron chi connectivity index (χ4n) is 1.89. The van der Waals surface area contributed by atoms with Crippen LogP contribution in [0.1, 0.15) is 23.7 Å². The van der Waals surface area contributed by atoms with Crippen molar-refractivity contribution in [1.82, 2.24) is 4.98 Å². The molecule has 4 heteroatoms. The number of anilines is 1. The summed E-state index contributed by atoms with van der Waals surface area (Å²) in [6.07, 6.45) is 0. The van der Waals surface area contributed by atoms with Crippen LogP contribution in [-0.2, 0) is 11.3 Å². The summed E-state index contributed by atoms with van der Waals surface area (Å²) in [7, 11) is 3.66. The first kappa shape index (κ1) is 13.9. The third kappa shape index (κ3) is 3.17. The van der Waals surface area contributed by atoms with E-state index in [-0.39, 0.29) is 12.6 Å². The van der Waals surface area contributed by atoms with Crippen LogP contribution in [0.2, 0.25) is 0 Å². The molecule has 0 saturated carbocycles. The second kappa shape index (κ2) is 5.98. The summed E-state index contributed by atoms with van der Waals surface area (Å²) in [6.45, 7) is 6.68. The van der Waals surface area contributed by atoms with Gasteiger partial charge in [0.25, 0.3) is 0 Å². The standard InChI is InChI=1S/C13H22N2O2/c1-9-6-10(2)14-13(12(9)7-16)15(4)11(3)8-17-5/h6,11,16H,7-8H2,1-5H3. The van der Waals surface area contributed by atoms with E-state index in [2.05, 4.69) is 16.8 Å². The highest BCUT2D eigenvalue weighted by molar-refractivity contribution is 5.51. The predicted molar refractivity (Wildman–Crippen MR) is 69.4 cm³/mol. The predicted octanol–water partition coefficient (Wildman–Crippen LogP) is 1.66. The fourth-order valence-corrected chi connectivity index (χ4v) is 1.89. The number of methoxy groups -OCH3 is 1. The van der Waals surface area contributed by atoms with Crippen LogP contribution in [0.3, 0.4) is 0 Å². The van der Waals surface area contributed by atoms with Crippen LogP contribution in [0.5, 0.6) is 0 Å². The van der Waals surface area contributed by atoms with Crippen LogP contribution in [0.15, 0.2) is 6.07 Å². The number of hydrogen-bond acceptors (Lipinski definition) is 4. The number of hydrogen-bond donors (Lipinski definition) is 1. The van der Waals surface area contributed by atoms with Crippen molar-refractivity contribution in [1.29, 1.82) is 0 Å². The summed E-state index contributed by atoms with van der Waals surface area (Å²) in [5.41, 5.74) is 2.93. The molecule has 0 fully saturated rings. The lowest BCUT2D eigenvalue weighted by atomic mass is 10.1. The Morgan fingerprint density at radius 3 is 2.65 bits per heavy atom. The molecule has 0 aliphatic rings. The molecule has 0 aliphatic carbocycles. The molecule has 1 aromatic heterocycles. The molecule has 0 saturated heterocycles. The second-order valence-corrected chi connectivity index (χ2v) is 4.46. The molecule has 0 aromatic carbocycles. The fraction of sp³-hybridized carbons (Fsp3) is 0.615. The average Bonchev–Trinajstić information content (AvgIpc) is 2.27. The Kier molecular flexibility index (Phi) is 4.90. The maximum atomic E-state index is 9.45. The van der Waals surface area contributed by atoms with E-state index in [1.165, 1.54) is 0 Å². The first-order valence-electron chi connectivity index (χ1n) is 5.81. The molecule has 4 nitrogen and oxygen atoms in total. The van der Waals surface area contributed by atoms with Crippen LogP contribution in [0.25, 0.3) is 0 Å². The molecule has 96 valence electrons. The van der Waals surface area contributed by atoms with Crippen LogP contribution < -0.4 is 4.90 Å². The molecule has 1 unspecified atom stereocenters. The molecule has 1 atom stereocenters. The molecular formula is C13H22N2O2. The monoisotopic (exact) mass is 238 g/mol. The number of ether oxygens (including phenoxy) is 1. The first-order valence-corrected chi connectivity index (χ1v) is 5.81. The van der Waals surface area contributed by atoms with Gasteiger partial charge in [0.05, 0.1) is 19.3 Å². The van der Waals surface area contributed by atoms with Crippen LogP contribution >= 0.6 is 0 Å². The zero-order valence-corrected chi connectivity index (χ0v) is 11.3. The van der Waals surface area contributed by atoms with Gasteiger partial charge in [0.2, 0.25) is 0 Å². The molecule has 0 spiro atoms. The van der Waals surface area contributed by atoms with Crippen molar-refractivity contribution in [3.8, 4) is 0 Å². The number of aliphatic hydroxyl groups excluding tert-OH is 1. The SMILES string of the molecule is COCC(C)N(C)c1nc(C)cc(C)c1CO. The number of aryl methyl sites for hydroxylation is 2. The summed E-state index contributed by atoms with van der Waals surface area (Å²) in [4.78, 5) is 6.57. The number of aliphatic hydroxyl groups is 1. The number of likely N-dealkylation sites (N-methyl/N-ethyl adjacent to an activating group) is 1. The molecule has 0 amide bonds. The van der Waals surface area contributed by atoms with Crippen LogP contribution in [-0.4, -0.2) is 36.9 Å². The minimum atomic E-state index is 0.0124. The highest BCUT2D eigenvalue weighted by Gasteiger charge is 2.16. The smallest absolute Gasteiger partial charge is 0.134 e. The Hall–Kier alpha value is -1.13. The normalized spacial score (nSPS) is 12.6. The van der Waals surface area contributed by atoms with Gasteiger partial charge in [0.1, 0.15) is 5.82 Å². The van der Waals surface area contributed by atoms with Gasteiger partial charge in [-0.05, 0) is 32.4 Å². The average molecular weight is 238 g/mol. The molecule has 1 N–H and O–H groups in total. The second-order valence-electron chi connectivity index (χ2n) is 4.46. The highest BCUT2D eigenvalue weighted by Crippen LogP contribution is 2.23. The number of rotatable bonds is 5. The maximum Gasteiger partial charge on any atom is 0.134 e. The number of pyridine rings is 1. The van der Waals surface area contributed by atoms with Gasteiger partial charge < -0.3 is 14.7 Å². The lowest BCUT2D eigenvalue weighted by Gasteiger charge is -2.28. The quantitative estimate of drug-likeness (QED) is 0.847. The number of nitrogens with zero attached hydrogens (tertiary/aromatic N) is 2. The van der Waals surface area contributed by atoms with Gasteiger partial charge in [-0.1, -0.05) is 0 Å². The molecule has 1 aromatic rings. The van der Waals surface area contributed by atoms with Crippen molar-refractivity contribution in [2.75, 3.05) is 25.7 Å². The summed E-state index contributed by atoms with van der Waals surface area (Å²) < 4.78 is 5.15. The zero-order valence-electron chi connectivity index (χ0n) is 11.3. The van der Waals surface area contributed by atoms with Gasteiger partial charge in [-0.25, -0.2) is 4.98 Å². The Labute approximate surface area is 103 Å². The maximum absolute atomic E-state index is 9.45. The first-order chi connectivity index (χ1) is 8.01. The van der Waals surface area contributed by atoms with Gasteiger partial charge in [-0.15, -0.1) is 0 Å². The lowest BCUT2D eigenvalue weighted by Crippen LogP contribution is -2.34. The minimum Gasteiger partial charge on any atom is -0.392 e. The van der Waals surface area contributed by atoms with Crippen molar-refractivity contribution in [3.05, 3.63) is 22.9 Å². The van der Waals surface area contributed by atoms with E-state index < -0.39 is 0 Å². The van der Waals surface area contributed by atoms with Crippen molar-refractivity contribution >= 4 is 5.82 Å². The topological polar surface area (TPSA) is 45.6 Å². The van der Waals surface area contributed by atoms with Crippen LogP contribution in [0.4, 0.5) is 5.82 Å². The van der Waals surface area contributed by atoms with E-state index in [4.69, 9.17) is 4.74 Å². The summed E-state index contributed by atoms with van der Waals surface area (Å²) in [5, 5.41) is 9.45. The molecule has 0 bridgehead atoms. The third-order valence-electron chi connectivity index (χ3n) is 3.01. The van der Waals surface area contributed by atoms with Gasteiger partial charge in [0, 0.05) is 25.4 Å². The van der Waals surface area contributed by atoms with Crippen molar-refractivity contribution < 1.29 is 9.84 Å². The van der Waals surface area contributed by atoms with Crippen molar-refractivity contribution in [2.45, 2.75) is 33.4 Å². The van der Waals surface area contributed by atoms with E-state index in [0.717, 1.165) is 22.6 Å². The Bertz CT molecular complexity index is 380. The zero-order chi connectivity index (χ0) is 13.0. The Balaban J connectivity index is 3.11. The van der Waals surface area contributed by atoms with Crippen molar-refractivity contribution in [2.24, 2.45) is 0 Å². The van der Waals surface area contributed by atoms with Gasteiger partial charge in [-0.2, -0.15) is 0 Å². The largest absolute Gasteiger partial charge is 0.392 e. The molecular weight excluding hydrogens is 216 g/mol. The lowest BCUT2D eigenvalue weighted by molar-refractivity contribution is 0.183. The molecule has 1 heterocycles. The summed E-state index contributed by atoms with van der Waals surface area (Å²) in [5.74, 6) is 0.842. The molecule has 17 heavy (non-hydrogen) atoms. The summed E-state index contributed by atoms with van der Waals surface area (Å²) in [6, 6.07) is 2.21. The van der Waals surface area contributed by atoms with E-state index in [0.29, 0.717) is 6.61 Å². The van der Waals surface area contributed by atoms with Crippen molar-refractivity contribution in [3.63, 3.8) is 0 Å². The number of aromatic nitrogens is 1. The Morgan fingerprint density at radius 2 is 2.12 bits per heavy atom. The van der Waals surface area contributed by atoms with Gasteiger partial charge in [0.15, 0.2) is 0 Å². The molecule has 1 rings (SSSR count). The third-order valence-corrected chi connectivity index (χ3v) is 3.01. The summed E-state index contributed by atoms with van der Waals surface area (Å²) >= 11 is 0. The van der Waals surface area contributed by atoms with Crippen LogP contribution in [0, 0.1) is 13.8 Å². The Morgan fingerprint density at radius 1 is 1.47 bits per heavy atom. The molecule has 0 radical (unpaired) electrons. The minimum absolute atomic E-state index is 0.0124. The van der Waals surface area contributed by atoms with E-state index >= 15 is 0 Å². The van der Waals surface area contributed by atoms with E-state index in [1.54, 1.807) is 7.11 Å².